The van der Waals surface area contributed by atoms with Crippen LogP contribution in [0.15, 0.2) is 47.6 Å². The number of aromatic nitrogens is 1. The number of anilines is 1. The molecule has 1 aromatic heterocycles. The fraction of sp³-hybridized carbons (Fsp3) is 0.278. The zero-order chi connectivity index (χ0) is 18.1. The summed E-state index contributed by atoms with van der Waals surface area (Å²) in [5, 5.41) is 9.74. The predicted octanol–water partition coefficient (Wildman–Crippen LogP) is 3.36. The fourth-order valence-corrected chi connectivity index (χ4v) is 2.31. The third-order valence-corrected chi connectivity index (χ3v) is 3.63. The quantitative estimate of drug-likeness (QED) is 0.332. The number of amides is 1. The van der Waals surface area contributed by atoms with E-state index in [4.69, 9.17) is 11.6 Å². The second kappa shape index (κ2) is 11.7. The highest BCUT2D eigenvalue weighted by Crippen LogP contribution is 2.10. The highest BCUT2D eigenvalue weighted by atomic mass is 127. The van der Waals surface area contributed by atoms with Gasteiger partial charge in [0.2, 0.25) is 5.91 Å². The van der Waals surface area contributed by atoms with Gasteiger partial charge in [0.1, 0.15) is 5.82 Å². The summed E-state index contributed by atoms with van der Waals surface area (Å²) in [6, 6.07) is 11.3. The first-order chi connectivity index (χ1) is 12.1. The average Bonchev–Trinajstić information content (AvgIpc) is 2.60. The van der Waals surface area contributed by atoms with E-state index in [1.807, 2.05) is 37.3 Å². The lowest BCUT2D eigenvalue weighted by molar-refractivity contribution is -0.116. The van der Waals surface area contributed by atoms with Gasteiger partial charge in [0.25, 0.3) is 0 Å². The first kappa shape index (κ1) is 22.2. The molecule has 0 unspecified atom stereocenters. The zero-order valence-corrected chi connectivity index (χ0v) is 17.8. The number of rotatable bonds is 6. The van der Waals surface area contributed by atoms with E-state index in [0.717, 1.165) is 11.1 Å². The van der Waals surface area contributed by atoms with Gasteiger partial charge in [0.05, 0.1) is 0 Å². The molecule has 0 fully saturated rings. The summed E-state index contributed by atoms with van der Waals surface area (Å²) >= 11 is 5.96. The molecule has 0 aliphatic heterocycles. The average molecular weight is 488 g/mol. The van der Waals surface area contributed by atoms with E-state index < -0.39 is 0 Å². The molecule has 26 heavy (non-hydrogen) atoms. The Bertz CT molecular complexity index is 737. The molecule has 2 aromatic rings. The summed E-state index contributed by atoms with van der Waals surface area (Å²) in [5.41, 5.74) is 2.10. The Morgan fingerprint density at radius 3 is 2.69 bits per heavy atom. The molecule has 140 valence electrons. The minimum Gasteiger partial charge on any atom is -0.356 e. The summed E-state index contributed by atoms with van der Waals surface area (Å²) < 4.78 is 0. The van der Waals surface area contributed by atoms with Crippen LogP contribution in [0.5, 0.6) is 0 Å². The van der Waals surface area contributed by atoms with Crippen LogP contribution in [0.4, 0.5) is 5.82 Å². The molecule has 1 heterocycles. The van der Waals surface area contributed by atoms with Gasteiger partial charge in [-0.25, -0.2) is 4.98 Å². The van der Waals surface area contributed by atoms with Crippen molar-refractivity contribution in [3.63, 3.8) is 0 Å². The summed E-state index contributed by atoms with van der Waals surface area (Å²) in [5.74, 6) is 1.08. The maximum atomic E-state index is 11.9. The second-order valence-electron chi connectivity index (χ2n) is 5.50. The number of aliphatic imine (C=N–C) groups is 1. The Morgan fingerprint density at radius 2 is 2.04 bits per heavy atom. The van der Waals surface area contributed by atoms with E-state index in [9.17, 15) is 4.79 Å². The number of pyridine rings is 1. The Hall–Kier alpha value is -1.87. The molecule has 0 radical (unpaired) electrons. The number of nitrogens with one attached hydrogen (secondary N) is 3. The van der Waals surface area contributed by atoms with Crippen molar-refractivity contribution < 1.29 is 4.79 Å². The van der Waals surface area contributed by atoms with E-state index >= 15 is 0 Å². The molecule has 0 atom stereocenters. The van der Waals surface area contributed by atoms with Crippen LogP contribution in [-0.2, 0) is 11.3 Å². The van der Waals surface area contributed by atoms with Crippen molar-refractivity contribution in [3.05, 3.63) is 58.7 Å². The van der Waals surface area contributed by atoms with Crippen molar-refractivity contribution in [2.24, 2.45) is 4.99 Å². The number of hydrogen-bond donors (Lipinski definition) is 3. The molecule has 0 aliphatic carbocycles. The molecule has 1 aromatic carbocycles. The van der Waals surface area contributed by atoms with Crippen LogP contribution in [0.2, 0.25) is 5.02 Å². The fourth-order valence-electron chi connectivity index (χ4n) is 2.09. The van der Waals surface area contributed by atoms with Crippen LogP contribution >= 0.6 is 35.6 Å². The highest BCUT2D eigenvalue weighted by Gasteiger charge is 2.04. The summed E-state index contributed by atoms with van der Waals surface area (Å²) in [6.07, 6.45) is 2.03. The number of guanidine groups is 1. The number of aryl methyl sites for hydroxylation is 1. The van der Waals surface area contributed by atoms with E-state index in [1.165, 1.54) is 0 Å². The van der Waals surface area contributed by atoms with Crippen LogP contribution in [0.25, 0.3) is 0 Å². The van der Waals surface area contributed by atoms with E-state index in [2.05, 4.69) is 25.9 Å². The van der Waals surface area contributed by atoms with Gasteiger partial charge in [0.15, 0.2) is 5.96 Å². The monoisotopic (exact) mass is 487 g/mol. The van der Waals surface area contributed by atoms with Crippen molar-refractivity contribution in [1.29, 1.82) is 0 Å². The molecule has 0 spiro atoms. The highest BCUT2D eigenvalue weighted by molar-refractivity contribution is 14.0. The number of carbonyl (C=O) groups excluding carboxylic acids is 1. The van der Waals surface area contributed by atoms with Gasteiger partial charge in [-0.05, 0) is 36.2 Å². The maximum Gasteiger partial charge on any atom is 0.227 e. The molecule has 2 rings (SSSR count). The topological polar surface area (TPSA) is 78.4 Å². The predicted molar refractivity (Wildman–Crippen MR) is 117 cm³/mol. The number of nitrogens with zero attached hydrogens (tertiary/aromatic N) is 2. The normalized spacial score (nSPS) is 10.7. The van der Waals surface area contributed by atoms with Crippen molar-refractivity contribution in [3.8, 4) is 0 Å². The van der Waals surface area contributed by atoms with Gasteiger partial charge in [-0.1, -0.05) is 29.8 Å². The lowest BCUT2D eigenvalue weighted by Gasteiger charge is -2.12. The number of halogens is 2. The Morgan fingerprint density at radius 1 is 1.23 bits per heavy atom. The van der Waals surface area contributed by atoms with Gasteiger partial charge in [-0.2, -0.15) is 0 Å². The summed E-state index contributed by atoms with van der Waals surface area (Å²) in [6.45, 7) is 3.01. The lowest BCUT2D eigenvalue weighted by Crippen LogP contribution is -2.38. The van der Waals surface area contributed by atoms with Gasteiger partial charge in [0, 0.05) is 37.8 Å². The van der Waals surface area contributed by atoms with Gasteiger partial charge >= 0.3 is 0 Å². The molecule has 0 bridgehead atoms. The molecule has 1 amide bonds. The van der Waals surface area contributed by atoms with E-state index in [0.29, 0.717) is 36.3 Å². The standard InChI is InChI=1S/C18H22ClN5O.HI/c1-13-6-7-16(22-11-13)24-17(25)8-9-21-18(20-2)23-12-14-4-3-5-15(19)10-14;/h3-7,10-11H,8-9,12H2,1-2H3,(H2,20,21,23)(H,22,24,25);1H. The SMILES string of the molecule is CN=C(NCCC(=O)Nc1ccc(C)cn1)NCc1cccc(Cl)c1.I. The number of benzene rings is 1. The molecule has 6 nitrogen and oxygen atoms in total. The van der Waals surface area contributed by atoms with Crippen molar-refractivity contribution >= 4 is 53.3 Å². The molecule has 0 saturated heterocycles. The van der Waals surface area contributed by atoms with Crippen LogP contribution in [0.1, 0.15) is 17.5 Å². The first-order valence-electron chi connectivity index (χ1n) is 7.98. The lowest BCUT2D eigenvalue weighted by atomic mass is 10.2. The summed E-state index contributed by atoms with van der Waals surface area (Å²) in [7, 11) is 1.68. The molecule has 0 saturated carbocycles. The zero-order valence-electron chi connectivity index (χ0n) is 14.8. The third-order valence-electron chi connectivity index (χ3n) is 3.40. The number of hydrogen-bond acceptors (Lipinski definition) is 3. The van der Waals surface area contributed by atoms with Gasteiger partial charge < -0.3 is 16.0 Å². The Kier molecular flexibility index (Phi) is 9.97. The van der Waals surface area contributed by atoms with Crippen LogP contribution < -0.4 is 16.0 Å². The molecular weight excluding hydrogens is 465 g/mol. The van der Waals surface area contributed by atoms with E-state index in [-0.39, 0.29) is 29.9 Å². The van der Waals surface area contributed by atoms with Crippen LogP contribution in [0.3, 0.4) is 0 Å². The van der Waals surface area contributed by atoms with Crippen molar-refractivity contribution in [2.45, 2.75) is 19.9 Å². The minimum absolute atomic E-state index is 0. The largest absolute Gasteiger partial charge is 0.356 e. The Balaban J connectivity index is 0.00000338. The van der Waals surface area contributed by atoms with Crippen molar-refractivity contribution in [2.75, 3.05) is 18.9 Å². The molecule has 8 heteroatoms. The van der Waals surface area contributed by atoms with Crippen LogP contribution in [0, 0.1) is 6.92 Å². The maximum absolute atomic E-state index is 11.9. The molecule has 0 aliphatic rings. The molecule has 3 N–H and O–H groups in total. The minimum atomic E-state index is -0.103. The van der Waals surface area contributed by atoms with E-state index in [1.54, 1.807) is 19.3 Å². The first-order valence-corrected chi connectivity index (χ1v) is 8.36. The second-order valence-corrected chi connectivity index (χ2v) is 5.94. The summed E-state index contributed by atoms with van der Waals surface area (Å²) in [4.78, 5) is 20.2. The Labute approximate surface area is 175 Å². The van der Waals surface area contributed by atoms with Crippen LogP contribution in [-0.4, -0.2) is 30.4 Å². The van der Waals surface area contributed by atoms with Gasteiger partial charge in [-0.15, -0.1) is 24.0 Å². The van der Waals surface area contributed by atoms with Gasteiger partial charge in [-0.3, -0.25) is 9.79 Å². The molecular formula is C18H23ClIN5O. The third kappa shape index (κ3) is 8.01. The van der Waals surface area contributed by atoms with Crippen molar-refractivity contribution in [1.82, 2.24) is 15.6 Å². The smallest absolute Gasteiger partial charge is 0.227 e. The number of carbonyl (C=O) groups is 1.